The molecule has 3 rings (SSSR count). The molecular formula is C15H13N3O. The molecule has 1 N–H and O–H groups in total. The maximum absolute atomic E-state index is 11.0. The van der Waals surface area contributed by atoms with Gasteiger partial charge in [0.1, 0.15) is 5.65 Å². The first-order valence-corrected chi connectivity index (χ1v) is 6.07. The quantitative estimate of drug-likeness (QED) is 0.712. The summed E-state index contributed by atoms with van der Waals surface area (Å²) in [5, 5.41) is 0.797. The van der Waals surface area contributed by atoms with Crippen LogP contribution in [0.3, 0.4) is 0 Å². The maximum atomic E-state index is 11.0. The number of aldehydes is 1. The summed E-state index contributed by atoms with van der Waals surface area (Å²) in [7, 11) is 0. The topological polar surface area (TPSA) is 58.6 Å². The zero-order chi connectivity index (χ0) is 13.4. The number of nitrogens with one attached hydrogen (secondary N) is 1. The van der Waals surface area contributed by atoms with E-state index in [4.69, 9.17) is 0 Å². The first-order valence-electron chi connectivity index (χ1n) is 6.07. The number of carbonyl (C=O) groups is 1. The highest BCUT2D eigenvalue weighted by molar-refractivity contribution is 5.97. The number of aryl methyl sites for hydroxylation is 2. The van der Waals surface area contributed by atoms with E-state index < -0.39 is 0 Å². The van der Waals surface area contributed by atoms with Gasteiger partial charge in [-0.1, -0.05) is 29.8 Å². The van der Waals surface area contributed by atoms with Gasteiger partial charge in [0, 0.05) is 17.3 Å². The van der Waals surface area contributed by atoms with E-state index in [0.29, 0.717) is 17.0 Å². The lowest BCUT2D eigenvalue weighted by molar-refractivity contribution is 0.112. The minimum atomic E-state index is 0.600. The SMILES string of the molecule is Cc1ccc(-c2nc(C)c3c(C=O)c[nH]c3n2)cc1. The molecule has 0 unspecified atom stereocenters. The van der Waals surface area contributed by atoms with Gasteiger partial charge in [0.2, 0.25) is 0 Å². The number of aromatic amines is 1. The molecule has 0 atom stereocenters. The van der Waals surface area contributed by atoms with Crippen LogP contribution in [0.2, 0.25) is 0 Å². The lowest BCUT2D eigenvalue weighted by Gasteiger charge is -2.03. The second-order valence-electron chi connectivity index (χ2n) is 4.58. The van der Waals surface area contributed by atoms with Crippen LogP contribution < -0.4 is 0 Å². The highest BCUT2D eigenvalue weighted by atomic mass is 16.1. The number of aromatic nitrogens is 3. The van der Waals surface area contributed by atoms with Crippen LogP contribution >= 0.6 is 0 Å². The molecule has 0 aliphatic rings. The normalized spacial score (nSPS) is 10.8. The molecule has 4 heteroatoms. The van der Waals surface area contributed by atoms with Crippen LogP contribution in [0.25, 0.3) is 22.4 Å². The van der Waals surface area contributed by atoms with E-state index in [9.17, 15) is 4.79 Å². The molecule has 0 spiro atoms. The van der Waals surface area contributed by atoms with Gasteiger partial charge < -0.3 is 4.98 Å². The van der Waals surface area contributed by atoms with Crippen molar-refractivity contribution in [2.45, 2.75) is 13.8 Å². The molecule has 94 valence electrons. The molecule has 0 saturated heterocycles. The molecule has 1 aromatic carbocycles. The van der Waals surface area contributed by atoms with Gasteiger partial charge in [-0.2, -0.15) is 0 Å². The zero-order valence-electron chi connectivity index (χ0n) is 10.8. The van der Waals surface area contributed by atoms with Gasteiger partial charge in [-0.3, -0.25) is 4.79 Å². The van der Waals surface area contributed by atoms with Gasteiger partial charge in [0.15, 0.2) is 12.1 Å². The number of nitrogens with zero attached hydrogens (tertiary/aromatic N) is 2. The maximum Gasteiger partial charge on any atom is 0.161 e. The summed E-state index contributed by atoms with van der Waals surface area (Å²) in [6.45, 7) is 3.93. The van der Waals surface area contributed by atoms with E-state index in [0.717, 1.165) is 22.9 Å². The Hall–Kier alpha value is -2.49. The van der Waals surface area contributed by atoms with Crippen molar-refractivity contribution in [1.29, 1.82) is 0 Å². The van der Waals surface area contributed by atoms with Crippen molar-refractivity contribution in [2.75, 3.05) is 0 Å². The smallest absolute Gasteiger partial charge is 0.161 e. The molecule has 4 nitrogen and oxygen atoms in total. The predicted octanol–water partition coefficient (Wildman–Crippen LogP) is 3.05. The zero-order valence-corrected chi connectivity index (χ0v) is 10.8. The Morgan fingerprint density at radius 2 is 1.84 bits per heavy atom. The van der Waals surface area contributed by atoms with Crippen LogP contribution in [-0.2, 0) is 0 Å². The van der Waals surface area contributed by atoms with E-state index in [1.165, 1.54) is 5.56 Å². The van der Waals surface area contributed by atoms with Gasteiger partial charge in [-0.15, -0.1) is 0 Å². The van der Waals surface area contributed by atoms with Crippen molar-refractivity contribution >= 4 is 17.3 Å². The number of hydrogen-bond acceptors (Lipinski definition) is 3. The third kappa shape index (κ3) is 1.91. The first kappa shape index (κ1) is 11.6. The molecule has 0 fully saturated rings. The standard InChI is InChI=1S/C15H13N3O/c1-9-3-5-11(6-4-9)14-17-10(2)13-12(8-19)7-16-15(13)18-14/h3-8H,1-2H3,(H,16,17,18). The molecule has 2 aromatic heterocycles. The Bertz CT molecular complexity index is 757. The molecule has 0 saturated carbocycles. The van der Waals surface area contributed by atoms with Crippen LogP contribution in [0.15, 0.2) is 30.5 Å². The Balaban J connectivity index is 2.21. The van der Waals surface area contributed by atoms with Gasteiger partial charge >= 0.3 is 0 Å². The fourth-order valence-corrected chi connectivity index (χ4v) is 2.17. The molecule has 0 amide bonds. The van der Waals surface area contributed by atoms with Crippen LogP contribution in [-0.4, -0.2) is 21.2 Å². The summed E-state index contributed by atoms with van der Waals surface area (Å²) in [6, 6.07) is 8.06. The van der Waals surface area contributed by atoms with Gasteiger partial charge in [0.05, 0.1) is 11.1 Å². The lowest BCUT2D eigenvalue weighted by Crippen LogP contribution is -1.94. The van der Waals surface area contributed by atoms with Crippen LogP contribution in [0.5, 0.6) is 0 Å². The summed E-state index contributed by atoms with van der Waals surface area (Å²) >= 11 is 0. The number of H-pyrrole nitrogens is 1. The summed E-state index contributed by atoms with van der Waals surface area (Å²) in [5.41, 5.74) is 4.28. The number of hydrogen-bond donors (Lipinski definition) is 1. The second kappa shape index (κ2) is 4.31. The van der Waals surface area contributed by atoms with Crippen molar-refractivity contribution in [3.05, 3.63) is 47.3 Å². The van der Waals surface area contributed by atoms with E-state index in [1.807, 2.05) is 38.1 Å². The highest BCUT2D eigenvalue weighted by Gasteiger charge is 2.11. The van der Waals surface area contributed by atoms with Gasteiger partial charge in [-0.25, -0.2) is 9.97 Å². The third-order valence-corrected chi connectivity index (χ3v) is 3.18. The minimum Gasteiger partial charge on any atom is -0.345 e. The van der Waals surface area contributed by atoms with Gasteiger partial charge in [0.25, 0.3) is 0 Å². The Kier molecular flexibility index (Phi) is 2.63. The predicted molar refractivity (Wildman–Crippen MR) is 74.2 cm³/mol. The molecule has 3 aromatic rings. The average molecular weight is 251 g/mol. The van der Waals surface area contributed by atoms with Crippen molar-refractivity contribution in [3.8, 4) is 11.4 Å². The fraction of sp³-hybridized carbons (Fsp3) is 0.133. The van der Waals surface area contributed by atoms with Crippen LogP contribution in [0, 0.1) is 13.8 Å². The molecular weight excluding hydrogens is 238 g/mol. The fourth-order valence-electron chi connectivity index (χ4n) is 2.17. The van der Waals surface area contributed by atoms with Crippen molar-refractivity contribution < 1.29 is 4.79 Å². The molecule has 0 radical (unpaired) electrons. The molecule has 2 heterocycles. The van der Waals surface area contributed by atoms with Crippen molar-refractivity contribution in [2.24, 2.45) is 0 Å². The van der Waals surface area contributed by atoms with Crippen LogP contribution in [0.4, 0.5) is 0 Å². The Morgan fingerprint density at radius 1 is 1.11 bits per heavy atom. The van der Waals surface area contributed by atoms with Gasteiger partial charge in [-0.05, 0) is 13.8 Å². The number of carbonyl (C=O) groups excluding carboxylic acids is 1. The summed E-state index contributed by atoms with van der Waals surface area (Å²) in [4.78, 5) is 22.9. The summed E-state index contributed by atoms with van der Waals surface area (Å²) in [6.07, 6.45) is 2.49. The number of benzene rings is 1. The largest absolute Gasteiger partial charge is 0.345 e. The summed E-state index contributed by atoms with van der Waals surface area (Å²) in [5.74, 6) is 0.671. The molecule has 0 bridgehead atoms. The van der Waals surface area contributed by atoms with E-state index in [2.05, 4.69) is 15.0 Å². The van der Waals surface area contributed by atoms with Crippen LogP contribution in [0.1, 0.15) is 21.6 Å². The highest BCUT2D eigenvalue weighted by Crippen LogP contribution is 2.23. The van der Waals surface area contributed by atoms with E-state index in [1.54, 1.807) is 6.20 Å². The second-order valence-corrected chi connectivity index (χ2v) is 4.58. The summed E-state index contributed by atoms with van der Waals surface area (Å²) < 4.78 is 0. The average Bonchev–Trinajstić information content (AvgIpc) is 2.83. The van der Waals surface area contributed by atoms with Crippen molar-refractivity contribution in [3.63, 3.8) is 0 Å². The third-order valence-electron chi connectivity index (χ3n) is 3.18. The Labute approximate surface area is 110 Å². The van der Waals surface area contributed by atoms with Crippen molar-refractivity contribution in [1.82, 2.24) is 15.0 Å². The number of fused-ring (bicyclic) bond motifs is 1. The number of rotatable bonds is 2. The lowest BCUT2D eigenvalue weighted by atomic mass is 10.1. The molecule has 0 aliphatic carbocycles. The molecule has 0 aliphatic heterocycles. The Morgan fingerprint density at radius 3 is 2.53 bits per heavy atom. The van der Waals surface area contributed by atoms with E-state index >= 15 is 0 Å². The monoisotopic (exact) mass is 251 g/mol. The van der Waals surface area contributed by atoms with E-state index in [-0.39, 0.29) is 0 Å². The first-order chi connectivity index (χ1) is 9.19. The molecule has 19 heavy (non-hydrogen) atoms. The minimum absolute atomic E-state index is 0.600.